The Morgan fingerprint density at radius 1 is 0.769 bits per heavy atom. The van der Waals surface area contributed by atoms with E-state index in [2.05, 4.69) is 18.2 Å². The molecule has 0 aliphatic rings. The van der Waals surface area contributed by atoms with Gasteiger partial charge in [-0.15, -0.1) is 0 Å². The van der Waals surface area contributed by atoms with Gasteiger partial charge in [0.2, 0.25) is 0 Å². The largest absolute Gasteiger partial charge is 0.494 e. The maximum atomic E-state index is 5.86. The highest BCUT2D eigenvalue weighted by atomic mass is 28.2. The van der Waals surface area contributed by atoms with Crippen molar-refractivity contribution in [3.63, 3.8) is 0 Å². The van der Waals surface area contributed by atoms with E-state index < -0.39 is 0 Å². The molecule has 0 aliphatic heterocycles. The van der Waals surface area contributed by atoms with Crippen molar-refractivity contribution in [3.05, 3.63) is 84.4 Å². The number of hydrogen-bond donors (Lipinski definition) is 0. The van der Waals surface area contributed by atoms with Crippen molar-refractivity contribution in [2.75, 3.05) is 12.8 Å². The molecule has 0 atom stereocenters. The van der Waals surface area contributed by atoms with Crippen LogP contribution in [0.1, 0.15) is 12.5 Å². The van der Waals surface area contributed by atoms with E-state index >= 15 is 0 Å². The van der Waals surface area contributed by atoms with E-state index in [0.717, 1.165) is 22.8 Å². The van der Waals surface area contributed by atoms with Crippen molar-refractivity contribution in [1.29, 1.82) is 0 Å². The average Bonchev–Trinajstić information content (AvgIpc) is 2.68. The first-order chi connectivity index (χ1) is 12.8. The highest BCUT2D eigenvalue weighted by Gasteiger charge is 2.01. The topological polar surface area (TPSA) is 27.7 Å². The van der Waals surface area contributed by atoms with Crippen molar-refractivity contribution < 1.29 is 14.2 Å². The molecule has 0 saturated heterocycles. The second-order valence-corrected chi connectivity index (χ2v) is 6.91. The molecule has 3 aromatic carbocycles. The number of para-hydroxylation sites is 1. The minimum atomic E-state index is 0.579. The molecular formula is C22H22O3Si. The summed E-state index contributed by atoms with van der Waals surface area (Å²) >= 11 is 0. The van der Waals surface area contributed by atoms with Gasteiger partial charge in [0.15, 0.2) is 0 Å². The van der Waals surface area contributed by atoms with Crippen LogP contribution in [0.3, 0.4) is 0 Å². The molecule has 0 fully saturated rings. The molecule has 0 bridgehead atoms. The van der Waals surface area contributed by atoms with E-state index in [4.69, 9.17) is 14.2 Å². The van der Waals surface area contributed by atoms with Crippen LogP contribution in [0.25, 0.3) is 0 Å². The third-order valence-corrected chi connectivity index (χ3v) is 4.78. The normalized spacial score (nSPS) is 10.5. The molecule has 2 radical (unpaired) electrons. The van der Waals surface area contributed by atoms with Gasteiger partial charge in [-0.1, -0.05) is 47.7 Å². The Bertz CT molecular complexity index is 788. The van der Waals surface area contributed by atoms with Gasteiger partial charge in [-0.05, 0) is 48.9 Å². The van der Waals surface area contributed by atoms with Crippen LogP contribution in [-0.4, -0.2) is 22.4 Å². The third kappa shape index (κ3) is 5.76. The smallest absolute Gasteiger partial charge is 0.127 e. The second kappa shape index (κ2) is 9.80. The van der Waals surface area contributed by atoms with Crippen LogP contribution in [-0.2, 0) is 11.3 Å². The quantitative estimate of drug-likeness (QED) is 0.418. The lowest BCUT2D eigenvalue weighted by atomic mass is 10.2. The fourth-order valence-electron chi connectivity index (χ4n) is 2.46. The molecule has 132 valence electrons. The lowest BCUT2D eigenvalue weighted by Crippen LogP contribution is -2.19. The minimum Gasteiger partial charge on any atom is -0.494 e. The van der Waals surface area contributed by atoms with Gasteiger partial charge in [0.1, 0.15) is 26.8 Å². The van der Waals surface area contributed by atoms with E-state index in [9.17, 15) is 0 Å². The molecule has 4 heteroatoms. The molecule has 3 rings (SSSR count). The lowest BCUT2D eigenvalue weighted by Gasteiger charge is -2.08. The second-order valence-electron chi connectivity index (χ2n) is 5.69. The zero-order chi connectivity index (χ0) is 18.0. The molecule has 3 nitrogen and oxygen atoms in total. The van der Waals surface area contributed by atoms with Crippen molar-refractivity contribution in [2.24, 2.45) is 0 Å². The first-order valence-electron chi connectivity index (χ1n) is 8.70. The maximum Gasteiger partial charge on any atom is 0.127 e. The summed E-state index contributed by atoms with van der Waals surface area (Å²) in [5, 5.41) is 1.27. The molecule has 0 amide bonds. The molecule has 3 aromatic rings. The van der Waals surface area contributed by atoms with E-state index in [1.54, 1.807) is 0 Å². The van der Waals surface area contributed by atoms with Crippen molar-refractivity contribution >= 4 is 14.7 Å². The summed E-state index contributed by atoms with van der Waals surface area (Å²) in [5.74, 6) is 2.58. The Kier molecular flexibility index (Phi) is 6.87. The molecule has 0 N–H and O–H groups in total. The monoisotopic (exact) mass is 362 g/mol. The molecule has 0 heterocycles. The Hall–Kier alpha value is -2.56. The van der Waals surface area contributed by atoms with Crippen molar-refractivity contribution in [1.82, 2.24) is 0 Å². The van der Waals surface area contributed by atoms with E-state index in [1.807, 2.05) is 67.6 Å². The van der Waals surface area contributed by atoms with Crippen LogP contribution in [0, 0.1) is 0 Å². The average molecular weight is 363 g/mol. The van der Waals surface area contributed by atoms with Gasteiger partial charge in [0.25, 0.3) is 0 Å². The molecule has 26 heavy (non-hydrogen) atoms. The van der Waals surface area contributed by atoms with Gasteiger partial charge in [0.05, 0.1) is 13.2 Å². The number of ether oxygens (including phenoxy) is 3. The van der Waals surface area contributed by atoms with Crippen LogP contribution in [0.4, 0.5) is 0 Å². The van der Waals surface area contributed by atoms with Gasteiger partial charge in [-0.2, -0.15) is 0 Å². The Morgan fingerprint density at radius 3 is 2.31 bits per heavy atom. The van der Waals surface area contributed by atoms with Crippen LogP contribution in [0.2, 0.25) is 0 Å². The van der Waals surface area contributed by atoms with E-state index in [1.165, 1.54) is 5.19 Å². The molecule has 0 saturated carbocycles. The maximum absolute atomic E-state index is 5.86. The van der Waals surface area contributed by atoms with Crippen molar-refractivity contribution in [3.8, 4) is 17.2 Å². The molecule has 0 spiro atoms. The molecule has 0 aromatic heterocycles. The first-order valence-corrected chi connectivity index (χ1v) is 9.90. The summed E-state index contributed by atoms with van der Waals surface area (Å²) in [6, 6.07) is 26.0. The Morgan fingerprint density at radius 2 is 1.54 bits per heavy atom. The zero-order valence-electron chi connectivity index (χ0n) is 14.9. The summed E-state index contributed by atoms with van der Waals surface area (Å²) in [7, 11) is 0.621. The van der Waals surface area contributed by atoms with Gasteiger partial charge < -0.3 is 14.2 Å². The Balaban J connectivity index is 1.45. The van der Waals surface area contributed by atoms with Crippen LogP contribution in [0.15, 0.2) is 78.9 Å². The summed E-state index contributed by atoms with van der Waals surface area (Å²) < 4.78 is 17.2. The summed E-state index contributed by atoms with van der Waals surface area (Å²) in [6.07, 6.45) is 0.706. The molecule has 0 aliphatic carbocycles. The van der Waals surface area contributed by atoms with Crippen molar-refractivity contribution in [2.45, 2.75) is 13.5 Å². The zero-order valence-corrected chi connectivity index (χ0v) is 15.9. The van der Waals surface area contributed by atoms with Crippen LogP contribution < -0.4 is 14.7 Å². The van der Waals surface area contributed by atoms with Gasteiger partial charge in [-0.3, -0.25) is 0 Å². The van der Waals surface area contributed by atoms with Crippen LogP contribution in [0.5, 0.6) is 17.2 Å². The SMILES string of the molecule is CCOc1ccc([Si]COCc2cccc(Oc3ccccc3)c2)cc1. The number of rotatable bonds is 9. The standard InChI is InChI=1S/C22H22O3Si/c1-2-24-19-11-13-22(14-12-19)26-17-23-16-18-7-6-10-21(15-18)25-20-8-4-3-5-9-20/h3-15H,2,16-17H2,1H3. The van der Waals surface area contributed by atoms with Crippen LogP contribution >= 0.6 is 0 Å². The van der Waals surface area contributed by atoms with E-state index in [0.29, 0.717) is 29.0 Å². The summed E-state index contributed by atoms with van der Waals surface area (Å²) in [5.41, 5.74) is 1.11. The predicted octanol–water partition coefficient (Wildman–Crippen LogP) is 4.38. The summed E-state index contributed by atoms with van der Waals surface area (Å²) in [6.45, 7) is 3.26. The number of benzene rings is 3. The Labute approximate surface area is 157 Å². The van der Waals surface area contributed by atoms with Gasteiger partial charge >= 0.3 is 0 Å². The molecular weight excluding hydrogens is 340 g/mol. The van der Waals surface area contributed by atoms with Gasteiger partial charge in [-0.25, -0.2) is 0 Å². The predicted molar refractivity (Wildman–Crippen MR) is 106 cm³/mol. The highest BCUT2D eigenvalue weighted by molar-refractivity contribution is 6.53. The lowest BCUT2D eigenvalue weighted by molar-refractivity contribution is 0.164. The van der Waals surface area contributed by atoms with E-state index in [-0.39, 0.29) is 0 Å². The fraction of sp³-hybridized carbons (Fsp3) is 0.182. The summed E-state index contributed by atoms with van der Waals surface area (Å²) in [4.78, 5) is 0. The fourth-order valence-corrected chi connectivity index (χ4v) is 3.24. The third-order valence-electron chi connectivity index (χ3n) is 3.69. The minimum absolute atomic E-state index is 0.579. The van der Waals surface area contributed by atoms with Gasteiger partial charge in [0, 0.05) is 6.23 Å². The highest BCUT2D eigenvalue weighted by Crippen LogP contribution is 2.22. The number of hydrogen-bond acceptors (Lipinski definition) is 3. The first kappa shape index (κ1) is 18.2. The molecule has 0 unspecified atom stereocenters.